The minimum Gasteiger partial charge on any atom is -0.459 e. The van der Waals surface area contributed by atoms with Crippen LogP contribution >= 0.6 is 0 Å². The zero-order valence-corrected chi connectivity index (χ0v) is 18.2. The molecular weight excluding hydrogens is 412 g/mol. The molecule has 0 aromatic heterocycles. The Kier molecular flexibility index (Phi) is 6.73. The topological polar surface area (TPSA) is 102 Å². The van der Waals surface area contributed by atoms with Crippen LogP contribution in [0, 0.1) is 0 Å². The number of hydrogen-bond acceptors (Lipinski definition) is 7. The first-order valence-electron chi connectivity index (χ1n) is 10.1. The van der Waals surface area contributed by atoms with Crippen molar-refractivity contribution >= 4 is 35.1 Å². The summed E-state index contributed by atoms with van der Waals surface area (Å²) in [5.41, 5.74) is 1.29. The van der Waals surface area contributed by atoms with E-state index in [-0.39, 0.29) is 29.2 Å². The van der Waals surface area contributed by atoms with E-state index in [1.165, 1.54) is 18.2 Å². The summed E-state index contributed by atoms with van der Waals surface area (Å²) in [6, 6.07) is 12.5. The smallest absolute Gasteiger partial charge is 0.338 e. The maximum Gasteiger partial charge on any atom is 0.338 e. The second-order valence-electron chi connectivity index (χ2n) is 7.70. The Balaban J connectivity index is 1.78. The molecule has 1 aliphatic heterocycles. The molecule has 1 aliphatic rings. The second-order valence-corrected chi connectivity index (χ2v) is 7.70. The zero-order chi connectivity index (χ0) is 23.4. The van der Waals surface area contributed by atoms with Gasteiger partial charge < -0.3 is 14.8 Å². The third kappa shape index (κ3) is 5.21. The molecule has 0 spiro atoms. The quantitative estimate of drug-likeness (QED) is 0.522. The summed E-state index contributed by atoms with van der Waals surface area (Å²) in [6.07, 6.45) is 0.603. The van der Waals surface area contributed by atoms with Crippen LogP contribution in [0.1, 0.15) is 48.4 Å². The number of anilines is 2. The van der Waals surface area contributed by atoms with E-state index >= 15 is 0 Å². The van der Waals surface area contributed by atoms with E-state index in [0.717, 1.165) is 4.90 Å². The molecule has 0 bridgehead atoms. The molecule has 1 N–H and O–H groups in total. The molecule has 0 aliphatic carbocycles. The molecular formula is C24H24N2O6. The van der Waals surface area contributed by atoms with Crippen molar-refractivity contribution in [3.63, 3.8) is 0 Å². The van der Waals surface area contributed by atoms with Gasteiger partial charge in [0.2, 0.25) is 0 Å². The van der Waals surface area contributed by atoms with Crippen LogP contribution in [0.15, 0.2) is 60.3 Å². The normalized spacial score (nSPS) is 13.4. The fourth-order valence-electron chi connectivity index (χ4n) is 3.02. The number of carbonyl (C=O) groups excluding carboxylic acids is 4. The molecule has 0 atom stereocenters. The lowest BCUT2D eigenvalue weighted by Gasteiger charge is -2.16. The number of hydrogen-bond donors (Lipinski definition) is 1. The Hall–Kier alpha value is -3.94. The van der Waals surface area contributed by atoms with Crippen molar-refractivity contribution in [3.8, 4) is 0 Å². The monoisotopic (exact) mass is 436 g/mol. The van der Waals surface area contributed by atoms with E-state index in [4.69, 9.17) is 9.47 Å². The third-order valence-electron chi connectivity index (χ3n) is 4.32. The number of imide groups is 1. The van der Waals surface area contributed by atoms with Crippen molar-refractivity contribution < 1.29 is 28.7 Å². The molecule has 8 heteroatoms. The first-order valence-corrected chi connectivity index (χ1v) is 10.1. The summed E-state index contributed by atoms with van der Waals surface area (Å²) >= 11 is 0. The highest BCUT2D eigenvalue weighted by Gasteiger charge is 2.33. The first-order chi connectivity index (χ1) is 15.2. The van der Waals surface area contributed by atoms with Crippen LogP contribution in [-0.2, 0) is 19.1 Å². The molecule has 166 valence electrons. The number of esters is 2. The van der Waals surface area contributed by atoms with Crippen molar-refractivity contribution in [1.82, 2.24) is 0 Å². The lowest BCUT2D eigenvalue weighted by Crippen LogP contribution is -2.32. The first kappa shape index (κ1) is 22.7. The number of rotatable bonds is 7. The number of ether oxygens (including phenoxy) is 2. The molecule has 0 saturated carbocycles. The Morgan fingerprint density at radius 3 is 2.00 bits per heavy atom. The Labute approximate surface area is 185 Å². The van der Waals surface area contributed by atoms with Crippen LogP contribution in [0.5, 0.6) is 0 Å². The summed E-state index contributed by atoms with van der Waals surface area (Å²) in [4.78, 5) is 50.7. The van der Waals surface area contributed by atoms with Gasteiger partial charge in [0, 0.05) is 11.8 Å². The van der Waals surface area contributed by atoms with Crippen LogP contribution in [0.2, 0.25) is 0 Å². The number of nitrogens with one attached hydrogen (secondary N) is 1. The van der Waals surface area contributed by atoms with Gasteiger partial charge in [-0.3, -0.25) is 9.59 Å². The number of benzene rings is 2. The molecule has 32 heavy (non-hydrogen) atoms. The predicted molar refractivity (Wildman–Crippen MR) is 118 cm³/mol. The van der Waals surface area contributed by atoms with Gasteiger partial charge in [-0.15, -0.1) is 0 Å². The highest BCUT2D eigenvalue weighted by molar-refractivity contribution is 6.31. The fraction of sp³-hybridized carbons (Fsp3) is 0.250. The van der Waals surface area contributed by atoms with Gasteiger partial charge in [-0.1, -0.05) is 12.1 Å². The van der Waals surface area contributed by atoms with Crippen molar-refractivity contribution in [2.45, 2.75) is 39.9 Å². The summed E-state index contributed by atoms with van der Waals surface area (Å²) < 4.78 is 10.4. The molecule has 1 heterocycles. The van der Waals surface area contributed by atoms with Crippen molar-refractivity contribution in [1.29, 1.82) is 0 Å². The maximum absolute atomic E-state index is 12.9. The molecule has 0 saturated heterocycles. The van der Waals surface area contributed by atoms with Gasteiger partial charge in [0.1, 0.15) is 5.70 Å². The van der Waals surface area contributed by atoms with Gasteiger partial charge in [0.05, 0.1) is 29.0 Å². The molecule has 3 rings (SSSR count). The zero-order valence-electron chi connectivity index (χ0n) is 18.2. The maximum atomic E-state index is 12.9. The van der Waals surface area contributed by atoms with E-state index < -0.39 is 23.8 Å². The van der Waals surface area contributed by atoms with Gasteiger partial charge in [-0.2, -0.15) is 0 Å². The standard InChI is InChI=1S/C24H24N2O6/c1-14(2)31-23(29)16-7-5-9-18(11-16)25-20-13-21(27)26(22(20)28)19-10-6-8-17(12-19)24(30)32-15(3)4/h5-15,25H,1-4H3. The largest absolute Gasteiger partial charge is 0.459 e. The van der Waals surface area contributed by atoms with E-state index in [0.29, 0.717) is 11.3 Å². The average molecular weight is 436 g/mol. The summed E-state index contributed by atoms with van der Waals surface area (Å²) in [5, 5.41) is 2.88. The molecule has 0 unspecified atom stereocenters. The summed E-state index contributed by atoms with van der Waals surface area (Å²) in [5.74, 6) is -2.17. The number of nitrogens with zero attached hydrogens (tertiary/aromatic N) is 1. The summed E-state index contributed by atoms with van der Waals surface area (Å²) in [7, 11) is 0. The van der Waals surface area contributed by atoms with Gasteiger partial charge in [-0.25, -0.2) is 14.5 Å². The predicted octanol–water partition coefficient (Wildman–Crippen LogP) is 3.69. The highest BCUT2D eigenvalue weighted by Crippen LogP contribution is 2.25. The van der Waals surface area contributed by atoms with Crippen LogP contribution in [-0.4, -0.2) is 36.0 Å². The van der Waals surface area contributed by atoms with Crippen molar-refractivity contribution in [3.05, 3.63) is 71.4 Å². The minimum absolute atomic E-state index is 0.0412. The molecule has 0 radical (unpaired) electrons. The molecule has 2 aromatic carbocycles. The lowest BCUT2D eigenvalue weighted by atomic mass is 10.2. The Bertz CT molecular complexity index is 1100. The average Bonchev–Trinajstić information content (AvgIpc) is 3.00. The van der Waals surface area contributed by atoms with E-state index in [9.17, 15) is 19.2 Å². The molecule has 2 amide bonds. The van der Waals surface area contributed by atoms with E-state index in [1.807, 2.05) is 0 Å². The van der Waals surface area contributed by atoms with Crippen LogP contribution in [0.3, 0.4) is 0 Å². The van der Waals surface area contributed by atoms with Gasteiger partial charge in [-0.05, 0) is 64.1 Å². The fourth-order valence-corrected chi connectivity index (χ4v) is 3.02. The van der Waals surface area contributed by atoms with Crippen molar-refractivity contribution in [2.75, 3.05) is 10.2 Å². The SMILES string of the molecule is CC(C)OC(=O)c1cccc(NC2=CC(=O)N(c3cccc(C(=O)OC(C)C)c3)C2=O)c1. The minimum atomic E-state index is -0.584. The molecule has 8 nitrogen and oxygen atoms in total. The van der Waals surface area contributed by atoms with Crippen LogP contribution < -0.4 is 10.2 Å². The van der Waals surface area contributed by atoms with Gasteiger partial charge in [0.25, 0.3) is 11.8 Å². The molecule has 2 aromatic rings. The van der Waals surface area contributed by atoms with Crippen LogP contribution in [0.25, 0.3) is 0 Å². The molecule has 0 fully saturated rings. The van der Waals surface area contributed by atoms with E-state index in [1.54, 1.807) is 64.1 Å². The van der Waals surface area contributed by atoms with Crippen molar-refractivity contribution in [2.24, 2.45) is 0 Å². The highest BCUT2D eigenvalue weighted by atomic mass is 16.5. The lowest BCUT2D eigenvalue weighted by molar-refractivity contribution is -0.120. The second kappa shape index (κ2) is 9.47. The van der Waals surface area contributed by atoms with Gasteiger partial charge in [0.15, 0.2) is 0 Å². The number of amides is 2. The third-order valence-corrected chi connectivity index (χ3v) is 4.32. The Morgan fingerprint density at radius 1 is 0.844 bits per heavy atom. The van der Waals surface area contributed by atoms with Gasteiger partial charge >= 0.3 is 11.9 Å². The summed E-state index contributed by atoms with van der Waals surface area (Å²) in [6.45, 7) is 6.96. The number of carbonyl (C=O) groups is 4. The van der Waals surface area contributed by atoms with E-state index in [2.05, 4.69) is 5.32 Å². The van der Waals surface area contributed by atoms with Crippen LogP contribution in [0.4, 0.5) is 11.4 Å². The Morgan fingerprint density at radius 2 is 1.41 bits per heavy atom.